The molecule has 0 aromatic carbocycles. The highest BCUT2D eigenvalue weighted by molar-refractivity contribution is 4.89. The Morgan fingerprint density at radius 3 is 2.47 bits per heavy atom. The Balaban J connectivity index is 1.81. The first-order valence-electron chi connectivity index (χ1n) is 7.21. The van der Waals surface area contributed by atoms with Gasteiger partial charge in [-0.25, -0.2) is 0 Å². The van der Waals surface area contributed by atoms with Gasteiger partial charge in [-0.2, -0.15) is 0 Å². The van der Waals surface area contributed by atoms with Gasteiger partial charge in [0.2, 0.25) is 0 Å². The predicted octanol–water partition coefficient (Wildman–Crippen LogP) is 1.53. The van der Waals surface area contributed by atoms with Crippen LogP contribution in [-0.2, 0) is 0 Å². The molecule has 100 valence electrons. The van der Waals surface area contributed by atoms with Gasteiger partial charge in [0, 0.05) is 25.2 Å². The van der Waals surface area contributed by atoms with E-state index in [0.717, 1.165) is 12.6 Å². The lowest BCUT2D eigenvalue weighted by atomic mass is 9.85. The Morgan fingerprint density at radius 2 is 1.88 bits per heavy atom. The van der Waals surface area contributed by atoms with Crippen molar-refractivity contribution in [2.75, 3.05) is 32.7 Å². The SMILES string of the molecule is CC(N)C(C)(C)CN1CCC(N2CCCC2)C1. The van der Waals surface area contributed by atoms with Crippen molar-refractivity contribution in [2.45, 2.75) is 52.1 Å². The van der Waals surface area contributed by atoms with Crippen LogP contribution >= 0.6 is 0 Å². The van der Waals surface area contributed by atoms with Gasteiger partial charge < -0.3 is 10.6 Å². The van der Waals surface area contributed by atoms with Crippen LogP contribution in [-0.4, -0.2) is 54.6 Å². The second-order valence-electron chi connectivity index (χ2n) is 6.70. The fourth-order valence-corrected chi connectivity index (χ4v) is 3.08. The Labute approximate surface area is 106 Å². The molecule has 2 N–H and O–H groups in total. The molecular weight excluding hydrogens is 210 g/mol. The molecule has 0 radical (unpaired) electrons. The van der Waals surface area contributed by atoms with Crippen LogP contribution in [0.25, 0.3) is 0 Å². The first-order valence-corrected chi connectivity index (χ1v) is 7.21. The molecule has 17 heavy (non-hydrogen) atoms. The molecule has 0 saturated carbocycles. The lowest BCUT2D eigenvalue weighted by Crippen LogP contribution is -2.44. The molecule has 0 amide bonds. The second kappa shape index (κ2) is 5.25. The molecule has 0 bridgehead atoms. The molecule has 3 heteroatoms. The zero-order valence-electron chi connectivity index (χ0n) is 11.8. The van der Waals surface area contributed by atoms with Crippen LogP contribution in [0.2, 0.25) is 0 Å². The van der Waals surface area contributed by atoms with Crippen molar-refractivity contribution >= 4 is 0 Å². The maximum Gasteiger partial charge on any atom is 0.0235 e. The molecular formula is C14H29N3. The van der Waals surface area contributed by atoms with E-state index in [-0.39, 0.29) is 11.5 Å². The van der Waals surface area contributed by atoms with Crippen LogP contribution in [0.3, 0.4) is 0 Å². The summed E-state index contributed by atoms with van der Waals surface area (Å²) in [5.41, 5.74) is 6.30. The highest BCUT2D eigenvalue weighted by Crippen LogP contribution is 2.26. The van der Waals surface area contributed by atoms with Gasteiger partial charge in [-0.1, -0.05) is 13.8 Å². The summed E-state index contributed by atoms with van der Waals surface area (Å²) in [4.78, 5) is 5.31. The Hall–Kier alpha value is -0.120. The molecule has 0 spiro atoms. The smallest absolute Gasteiger partial charge is 0.0235 e. The summed E-state index contributed by atoms with van der Waals surface area (Å²) < 4.78 is 0. The number of likely N-dealkylation sites (tertiary alicyclic amines) is 2. The van der Waals surface area contributed by atoms with Gasteiger partial charge in [-0.15, -0.1) is 0 Å². The van der Waals surface area contributed by atoms with E-state index in [1.165, 1.54) is 45.4 Å². The number of nitrogens with two attached hydrogens (primary N) is 1. The van der Waals surface area contributed by atoms with E-state index < -0.39 is 0 Å². The molecule has 0 aromatic rings. The summed E-state index contributed by atoms with van der Waals surface area (Å²) in [7, 11) is 0. The fourth-order valence-electron chi connectivity index (χ4n) is 3.08. The van der Waals surface area contributed by atoms with Gasteiger partial charge in [-0.05, 0) is 51.2 Å². The minimum Gasteiger partial charge on any atom is -0.327 e. The third-order valence-electron chi connectivity index (χ3n) is 4.77. The van der Waals surface area contributed by atoms with Gasteiger partial charge in [0.05, 0.1) is 0 Å². The topological polar surface area (TPSA) is 32.5 Å². The Bertz CT molecular complexity index is 244. The van der Waals surface area contributed by atoms with E-state index in [1.54, 1.807) is 0 Å². The number of rotatable bonds is 4. The van der Waals surface area contributed by atoms with Crippen molar-refractivity contribution in [3.8, 4) is 0 Å². The number of hydrogen-bond acceptors (Lipinski definition) is 3. The van der Waals surface area contributed by atoms with E-state index >= 15 is 0 Å². The summed E-state index contributed by atoms with van der Waals surface area (Å²) >= 11 is 0. The van der Waals surface area contributed by atoms with Crippen molar-refractivity contribution < 1.29 is 0 Å². The normalized spacial score (nSPS) is 30.0. The van der Waals surface area contributed by atoms with Gasteiger partial charge in [-0.3, -0.25) is 4.90 Å². The quantitative estimate of drug-likeness (QED) is 0.807. The molecule has 3 nitrogen and oxygen atoms in total. The number of hydrogen-bond donors (Lipinski definition) is 1. The molecule has 2 fully saturated rings. The van der Waals surface area contributed by atoms with Gasteiger partial charge >= 0.3 is 0 Å². The third-order valence-corrected chi connectivity index (χ3v) is 4.77. The van der Waals surface area contributed by atoms with Gasteiger partial charge in [0.25, 0.3) is 0 Å². The molecule has 0 aliphatic carbocycles. The fraction of sp³-hybridized carbons (Fsp3) is 1.00. The van der Waals surface area contributed by atoms with E-state index in [0.29, 0.717) is 0 Å². The molecule has 2 aliphatic heterocycles. The molecule has 2 unspecified atom stereocenters. The van der Waals surface area contributed by atoms with Crippen LogP contribution in [0, 0.1) is 5.41 Å². The summed E-state index contributed by atoms with van der Waals surface area (Å²) in [5, 5.41) is 0. The monoisotopic (exact) mass is 239 g/mol. The van der Waals surface area contributed by atoms with E-state index in [2.05, 4.69) is 30.6 Å². The molecule has 0 aromatic heterocycles. The molecule has 2 aliphatic rings. The average molecular weight is 239 g/mol. The highest BCUT2D eigenvalue weighted by atomic mass is 15.3. The lowest BCUT2D eigenvalue weighted by Gasteiger charge is -2.34. The summed E-state index contributed by atoms with van der Waals surface area (Å²) in [6, 6.07) is 1.09. The maximum atomic E-state index is 6.07. The molecule has 2 saturated heterocycles. The zero-order valence-corrected chi connectivity index (χ0v) is 11.8. The number of nitrogens with zero attached hydrogens (tertiary/aromatic N) is 2. The van der Waals surface area contributed by atoms with Crippen molar-refractivity contribution in [1.29, 1.82) is 0 Å². The standard InChI is InChI=1S/C14H29N3/c1-12(15)14(2,3)11-16-9-6-13(10-16)17-7-4-5-8-17/h12-13H,4-11,15H2,1-3H3. The van der Waals surface area contributed by atoms with Gasteiger partial charge in [0.15, 0.2) is 0 Å². The molecule has 2 rings (SSSR count). The van der Waals surface area contributed by atoms with Crippen LogP contribution in [0.15, 0.2) is 0 Å². The Morgan fingerprint density at radius 1 is 1.24 bits per heavy atom. The van der Waals surface area contributed by atoms with Gasteiger partial charge in [0.1, 0.15) is 0 Å². The zero-order chi connectivity index (χ0) is 12.5. The van der Waals surface area contributed by atoms with Crippen molar-refractivity contribution in [3.05, 3.63) is 0 Å². The van der Waals surface area contributed by atoms with Crippen LogP contribution in [0.5, 0.6) is 0 Å². The van der Waals surface area contributed by atoms with E-state index in [4.69, 9.17) is 5.73 Å². The maximum absolute atomic E-state index is 6.07. The average Bonchev–Trinajstić information content (AvgIpc) is 2.85. The summed E-state index contributed by atoms with van der Waals surface area (Å²) in [5.74, 6) is 0. The molecule has 2 heterocycles. The van der Waals surface area contributed by atoms with Crippen LogP contribution < -0.4 is 5.73 Å². The first-order chi connectivity index (χ1) is 7.99. The Kier molecular flexibility index (Phi) is 4.11. The van der Waals surface area contributed by atoms with E-state index in [9.17, 15) is 0 Å². The van der Waals surface area contributed by atoms with Crippen LogP contribution in [0.4, 0.5) is 0 Å². The van der Waals surface area contributed by atoms with Crippen molar-refractivity contribution in [1.82, 2.24) is 9.80 Å². The van der Waals surface area contributed by atoms with E-state index in [1.807, 2.05) is 0 Å². The predicted molar refractivity (Wildman–Crippen MR) is 73.1 cm³/mol. The van der Waals surface area contributed by atoms with Crippen molar-refractivity contribution in [3.63, 3.8) is 0 Å². The largest absolute Gasteiger partial charge is 0.327 e. The third kappa shape index (κ3) is 3.21. The molecule has 2 atom stereocenters. The minimum absolute atomic E-state index is 0.236. The lowest BCUT2D eigenvalue weighted by molar-refractivity contribution is 0.167. The second-order valence-corrected chi connectivity index (χ2v) is 6.70. The van der Waals surface area contributed by atoms with Crippen LogP contribution in [0.1, 0.15) is 40.0 Å². The first kappa shape index (κ1) is 13.3. The highest BCUT2D eigenvalue weighted by Gasteiger charge is 2.33. The van der Waals surface area contributed by atoms with Crippen molar-refractivity contribution in [2.24, 2.45) is 11.1 Å². The summed E-state index contributed by atoms with van der Waals surface area (Å²) in [6.07, 6.45) is 4.17. The minimum atomic E-state index is 0.236. The summed E-state index contributed by atoms with van der Waals surface area (Å²) in [6.45, 7) is 13.0.